The summed E-state index contributed by atoms with van der Waals surface area (Å²) in [6, 6.07) is 15.6. The van der Waals surface area contributed by atoms with Crippen LogP contribution < -0.4 is 5.32 Å². The molecular formula is C28H33Cl2N3O2. The molecule has 7 heteroatoms. The summed E-state index contributed by atoms with van der Waals surface area (Å²) >= 11 is 12.6. The van der Waals surface area contributed by atoms with Crippen molar-refractivity contribution in [3.63, 3.8) is 0 Å². The Bertz CT molecular complexity index is 1020. The van der Waals surface area contributed by atoms with Crippen LogP contribution in [0.25, 0.3) is 0 Å². The molecule has 0 radical (unpaired) electrons. The molecule has 3 aliphatic rings. The molecule has 1 aliphatic carbocycles. The number of hydrogen-bond donors (Lipinski definition) is 1. The van der Waals surface area contributed by atoms with Gasteiger partial charge in [0.05, 0.1) is 21.7 Å². The van der Waals surface area contributed by atoms with Gasteiger partial charge in [0.1, 0.15) is 0 Å². The van der Waals surface area contributed by atoms with Crippen molar-refractivity contribution in [1.82, 2.24) is 15.1 Å². The number of rotatable bonds is 7. The van der Waals surface area contributed by atoms with E-state index in [0.29, 0.717) is 27.4 Å². The molecule has 2 amide bonds. The topological polar surface area (TPSA) is 52.7 Å². The van der Waals surface area contributed by atoms with E-state index in [0.717, 1.165) is 64.8 Å². The maximum Gasteiger partial charge on any atom is 0.256 e. The summed E-state index contributed by atoms with van der Waals surface area (Å²) in [7, 11) is 0. The van der Waals surface area contributed by atoms with Gasteiger partial charge < -0.3 is 15.1 Å². The van der Waals surface area contributed by atoms with Crippen LogP contribution in [0.2, 0.25) is 10.0 Å². The second-order valence-electron chi connectivity index (χ2n) is 10.3. The van der Waals surface area contributed by atoms with E-state index in [-0.39, 0.29) is 23.8 Å². The number of carbonyl (C=O) groups is 2. The zero-order chi connectivity index (χ0) is 24.4. The van der Waals surface area contributed by atoms with Gasteiger partial charge in [0.2, 0.25) is 5.91 Å². The Labute approximate surface area is 217 Å². The first-order chi connectivity index (χ1) is 17.0. The summed E-state index contributed by atoms with van der Waals surface area (Å²) in [5.74, 6) is 1.23. The highest BCUT2D eigenvalue weighted by Gasteiger charge is 2.42. The largest absolute Gasteiger partial charge is 0.349 e. The average Bonchev–Trinajstić information content (AvgIpc) is 3.59. The lowest BCUT2D eigenvalue weighted by atomic mass is 10.0. The smallest absolute Gasteiger partial charge is 0.256 e. The highest BCUT2D eigenvalue weighted by atomic mass is 35.5. The normalized spacial score (nSPS) is 23.4. The molecule has 35 heavy (non-hydrogen) atoms. The van der Waals surface area contributed by atoms with E-state index < -0.39 is 0 Å². The van der Waals surface area contributed by atoms with Crippen LogP contribution in [0.1, 0.15) is 54.1 Å². The van der Waals surface area contributed by atoms with Crippen LogP contribution in [-0.4, -0.2) is 54.3 Å². The monoisotopic (exact) mass is 513 g/mol. The Hall–Kier alpha value is -2.08. The van der Waals surface area contributed by atoms with Crippen molar-refractivity contribution in [3.8, 4) is 0 Å². The van der Waals surface area contributed by atoms with Crippen LogP contribution in [0.3, 0.4) is 0 Å². The van der Waals surface area contributed by atoms with Gasteiger partial charge in [0, 0.05) is 38.6 Å². The minimum absolute atomic E-state index is 0.0326. The lowest BCUT2D eigenvalue weighted by molar-refractivity contribution is -0.125. The number of hydrogen-bond acceptors (Lipinski definition) is 3. The molecule has 2 aromatic carbocycles. The Morgan fingerprint density at radius 1 is 0.886 bits per heavy atom. The maximum atomic E-state index is 13.1. The van der Waals surface area contributed by atoms with Crippen molar-refractivity contribution >= 4 is 35.0 Å². The highest BCUT2D eigenvalue weighted by Crippen LogP contribution is 2.35. The molecule has 186 valence electrons. The number of fused-ring (bicyclic) bond motifs is 1. The number of nitrogens with one attached hydrogen (secondary N) is 1. The van der Waals surface area contributed by atoms with Gasteiger partial charge in [-0.05, 0) is 48.8 Å². The third kappa shape index (κ3) is 5.52. The predicted octanol–water partition coefficient (Wildman–Crippen LogP) is 5.44. The standard InChI is InChI=1S/C28H33Cl2N3O2/c29-23-11-6-12-24(30)26(23)28(35)33-17-21-15-32(16-22(21)18-33)14-13-25(19-7-2-1-3-8-19)31-27(34)20-9-4-5-10-20/h1-3,6-8,11-12,20-22,25H,4-5,9-10,13-18H2,(H,31,34)/t21-,22?,25?/m0/s1. The Morgan fingerprint density at radius 2 is 1.51 bits per heavy atom. The van der Waals surface area contributed by atoms with Crippen molar-refractivity contribution in [2.75, 3.05) is 32.7 Å². The van der Waals surface area contributed by atoms with Crippen molar-refractivity contribution in [1.29, 1.82) is 0 Å². The molecule has 2 aliphatic heterocycles. The first kappa shape index (κ1) is 24.6. The quantitative estimate of drug-likeness (QED) is 0.536. The molecule has 0 spiro atoms. The van der Waals surface area contributed by atoms with E-state index in [1.165, 1.54) is 5.56 Å². The Kier molecular flexibility index (Phi) is 7.66. The average molecular weight is 514 g/mol. The molecule has 2 aromatic rings. The molecule has 2 unspecified atom stereocenters. The van der Waals surface area contributed by atoms with Gasteiger partial charge in [-0.3, -0.25) is 9.59 Å². The fourth-order valence-corrected chi connectivity index (χ4v) is 6.65. The third-order valence-corrected chi connectivity index (χ3v) is 8.63. The van der Waals surface area contributed by atoms with Gasteiger partial charge in [-0.2, -0.15) is 0 Å². The molecule has 3 atom stereocenters. The van der Waals surface area contributed by atoms with E-state index in [9.17, 15) is 9.59 Å². The van der Waals surface area contributed by atoms with Crippen LogP contribution in [0.4, 0.5) is 0 Å². The fraction of sp³-hybridized carbons (Fsp3) is 0.500. The van der Waals surface area contributed by atoms with Crippen LogP contribution in [0.5, 0.6) is 0 Å². The summed E-state index contributed by atoms with van der Waals surface area (Å²) < 4.78 is 0. The molecule has 5 nitrogen and oxygen atoms in total. The van der Waals surface area contributed by atoms with Gasteiger partial charge in [0.15, 0.2) is 0 Å². The molecule has 5 rings (SSSR count). The molecule has 0 aromatic heterocycles. The molecule has 1 N–H and O–H groups in total. The van der Waals surface area contributed by atoms with E-state index in [1.807, 2.05) is 23.1 Å². The Balaban J connectivity index is 1.17. The molecule has 2 saturated heterocycles. The summed E-state index contributed by atoms with van der Waals surface area (Å²) in [6.07, 6.45) is 5.23. The van der Waals surface area contributed by atoms with Gasteiger partial charge in [0.25, 0.3) is 5.91 Å². The van der Waals surface area contributed by atoms with E-state index in [4.69, 9.17) is 23.2 Å². The van der Waals surface area contributed by atoms with Crippen molar-refractivity contribution in [2.24, 2.45) is 17.8 Å². The van der Waals surface area contributed by atoms with Crippen molar-refractivity contribution in [3.05, 3.63) is 69.7 Å². The van der Waals surface area contributed by atoms with E-state index in [2.05, 4.69) is 22.3 Å². The lowest BCUT2D eigenvalue weighted by Crippen LogP contribution is -2.36. The van der Waals surface area contributed by atoms with Crippen LogP contribution in [0, 0.1) is 17.8 Å². The first-order valence-corrected chi connectivity index (χ1v) is 13.6. The third-order valence-electron chi connectivity index (χ3n) is 8.00. The zero-order valence-corrected chi connectivity index (χ0v) is 21.5. The molecular weight excluding hydrogens is 481 g/mol. The molecule has 2 heterocycles. The van der Waals surface area contributed by atoms with Gasteiger partial charge in [-0.25, -0.2) is 0 Å². The number of nitrogens with zero attached hydrogens (tertiary/aromatic N) is 2. The minimum Gasteiger partial charge on any atom is -0.349 e. The summed E-state index contributed by atoms with van der Waals surface area (Å²) in [4.78, 5) is 30.4. The SMILES string of the molecule is O=C(NC(CCN1CC2CN(C(=O)c3c(Cl)cccc3Cl)C[C@@H]2C1)c1ccccc1)C1CCCC1. The molecule has 1 saturated carbocycles. The minimum atomic E-state index is -0.0692. The van der Waals surface area contributed by atoms with Crippen molar-refractivity contribution < 1.29 is 9.59 Å². The van der Waals surface area contributed by atoms with Gasteiger partial charge >= 0.3 is 0 Å². The van der Waals surface area contributed by atoms with Crippen molar-refractivity contribution in [2.45, 2.75) is 38.1 Å². The summed E-state index contributed by atoms with van der Waals surface area (Å²) in [5.41, 5.74) is 1.59. The van der Waals surface area contributed by atoms with Crippen LogP contribution >= 0.6 is 23.2 Å². The molecule has 0 bridgehead atoms. The summed E-state index contributed by atoms with van der Waals surface area (Å²) in [5, 5.41) is 4.18. The van der Waals surface area contributed by atoms with Gasteiger partial charge in [-0.15, -0.1) is 0 Å². The first-order valence-electron chi connectivity index (χ1n) is 12.8. The van der Waals surface area contributed by atoms with E-state index in [1.54, 1.807) is 18.2 Å². The molecule has 3 fully saturated rings. The second-order valence-corrected chi connectivity index (χ2v) is 11.1. The second kappa shape index (κ2) is 10.9. The van der Waals surface area contributed by atoms with Gasteiger partial charge in [-0.1, -0.05) is 72.4 Å². The summed E-state index contributed by atoms with van der Waals surface area (Å²) in [6.45, 7) is 4.36. The fourth-order valence-electron chi connectivity index (χ4n) is 6.10. The van der Waals surface area contributed by atoms with E-state index >= 15 is 0 Å². The van der Waals surface area contributed by atoms with Crippen LogP contribution in [-0.2, 0) is 4.79 Å². The number of likely N-dealkylation sites (tertiary alicyclic amines) is 2. The Morgan fingerprint density at radius 3 is 2.14 bits per heavy atom. The predicted molar refractivity (Wildman–Crippen MR) is 140 cm³/mol. The number of halogens is 2. The number of benzene rings is 2. The number of carbonyl (C=O) groups excluding carboxylic acids is 2. The zero-order valence-electron chi connectivity index (χ0n) is 20.0. The number of amides is 2. The maximum absolute atomic E-state index is 13.1. The van der Waals surface area contributed by atoms with Crippen LogP contribution in [0.15, 0.2) is 48.5 Å². The highest BCUT2D eigenvalue weighted by molar-refractivity contribution is 6.39. The lowest BCUT2D eigenvalue weighted by Gasteiger charge is -2.26.